The van der Waals surface area contributed by atoms with E-state index in [1.807, 2.05) is 38.1 Å². The summed E-state index contributed by atoms with van der Waals surface area (Å²) in [4.78, 5) is 17.8. The molecule has 1 fully saturated rings. The van der Waals surface area contributed by atoms with Gasteiger partial charge < -0.3 is 25.8 Å². The molecule has 1 aliphatic rings. The number of amides is 1. The van der Waals surface area contributed by atoms with Crippen molar-refractivity contribution in [1.29, 1.82) is 0 Å². The minimum absolute atomic E-state index is 0. The van der Waals surface area contributed by atoms with Gasteiger partial charge in [0.1, 0.15) is 6.10 Å². The minimum Gasteiger partial charge on any atom is -0.493 e. The molecule has 29 heavy (non-hydrogen) atoms. The third kappa shape index (κ3) is 9.07. The highest BCUT2D eigenvalue weighted by Gasteiger charge is 2.21. The zero-order chi connectivity index (χ0) is 20.4. The number of nitrogens with one attached hydrogen (secondary N) is 2. The summed E-state index contributed by atoms with van der Waals surface area (Å²) in [6, 6.07) is 7.93. The zero-order valence-corrected chi connectivity index (χ0v) is 19.8. The first-order chi connectivity index (χ1) is 13.5. The van der Waals surface area contributed by atoms with E-state index >= 15 is 0 Å². The molecule has 1 atom stereocenters. The van der Waals surface area contributed by atoms with Crippen molar-refractivity contribution in [3.8, 4) is 11.5 Å². The lowest BCUT2D eigenvalue weighted by Crippen LogP contribution is -2.50. The summed E-state index contributed by atoms with van der Waals surface area (Å²) in [6.07, 6.45) is 1.81. The molecule has 1 saturated heterocycles. The summed E-state index contributed by atoms with van der Waals surface area (Å²) in [5.74, 6) is 1.94. The number of hydrogen-bond donors (Lipinski definition) is 3. The molecule has 1 heterocycles. The topological polar surface area (TPSA) is 101 Å². The number of nitrogens with zero attached hydrogens (tertiary/aromatic N) is 2. The van der Waals surface area contributed by atoms with Crippen LogP contribution in [0.2, 0.25) is 0 Å². The fourth-order valence-electron chi connectivity index (χ4n) is 3.16. The van der Waals surface area contributed by atoms with Crippen molar-refractivity contribution in [3.05, 3.63) is 24.3 Å². The van der Waals surface area contributed by atoms with Gasteiger partial charge in [0.15, 0.2) is 17.5 Å². The smallest absolute Gasteiger partial charge is 0.231 e. The molecule has 1 unspecified atom stereocenters. The van der Waals surface area contributed by atoms with E-state index in [-0.39, 0.29) is 36.0 Å². The number of carbonyl (C=O) groups is 1. The van der Waals surface area contributed by atoms with Gasteiger partial charge in [-0.3, -0.25) is 9.69 Å². The van der Waals surface area contributed by atoms with Crippen LogP contribution in [0.25, 0.3) is 0 Å². The average molecular weight is 519 g/mol. The molecular weight excluding hydrogens is 485 g/mol. The zero-order valence-electron chi connectivity index (χ0n) is 17.5. The number of piperidine rings is 1. The van der Waals surface area contributed by atoms with Gasteiger partial charge in [0, 0.05) is 25.7 Å². The van der Waals surface area contributed by atoms with Crippen molar-refractivity contribution < 1.29 is 14.3 Å². The Bertz CT molecular complexity index is 651. The highest BCUT2D eigenvalue weighted by Crippen LogP contribution is 2.26. The van der Waals surface area contributed by atoms with Gasteiger partial charge in [-0.2, -0.15) is 0 Å². The standard InChI is InChI=1S/C20H33N5O3.HI/c1-4-22-20(24-16-9-11-25(12-10-16)14-19(21)26)23-13-15(2)28-18-8-6-5-7-17(18)27-3;/h5-8,15-16H,4,9-14H2,1-3H3,(H2,21,26)(H2,22,23,24);1H. The van der Waals surface area contributed by atoms with Crippen molar-refractivity contribution in [1.82, 2.24) is 15.5 Å². The monoisotopic (exact) mass is 519 g/mol. The van der Waals surface area contributed by atoms with Crippen molar-refractivity contribution >= 4 is 35.8 Å². The first-order valence-electron chi connectivity index (χ1n) is 9.87. The van der Waals surface area contributed by atoms with Crippen LogP contribution in [-0.4, -0.2) is 68.7 Å². The highest BCUT2D eigenvalue weighted by molar-refractivity contribution is 14.0. The maximum Gasteiger partial charge on any atom is 0.231 e. The maximum absolute atomic E-state index is 11.0. The fourth-order valence-corrected chi connectivity index (χ4v) is 3.16. The Kier molecular flexibility index (Phi) is 11.7. The molecular formula is C20H34IN5O3. The maximum atomic E-state index is 11.0. The molecule has 164 valence electrons. The summed E-state index contributed by atoms with van der Waals surface area (Å²) < 4.78 is 11.3. The van der Waals surface area contributed by atoms with Crippen LogP contribution in [0, 0.1) is 0 Å². The lowest BCUT2D eigenvalue weighted by Gasteiger charge is -2.32. The van der Waals surface area contributed by atoms with Crippen LogP contribution in [0.1, 0.15) is 26.7 Å². The number of hydrogen-bond acceptors (Lipinski definition) is 5. The van der Waals surface area contributed by atoms with Gasteiger partial charge in [0.2, 0.25) is 5.91 Å². The Labute approximate surface area is 190 Å². The molecule has 1 aromatic carbocycles. The second-order valence-electron chi connectivity index (χ2n) is 6.96. The van der Waals surface area contributed by atoms with Gasteiger partial charge in [-0.15, -0.1) is 24.0 Å². The predicted molar refractivity (Wildman–Crippen MR) is 126 cm³/mol. The van der Waals surface area contributed by atoms with E-state index < -0.39 is 0 Å². The van der Waals surface area contributed by atoms with E-state index in [9.17, 15) is 4.79 Å². The number of rotatable bonds is 9. The lowest BCUT2D eigenvalue weighted by atomic mass is 10.1. The normalized spacial score (nSPS) is 16.4. The molecule has 0 bridgehead atoms. The van der Waals surface area contributed by atoms with E-state index in [2.05, 4.69) is 20.5 Å². The quantitative estimate of drug-likeness (QED) is 0.260. The van der Waals surface area contributed by atoms with Crippen molar-refractivity contribution in [3.63, 3.8) is 0 Å². The van der Waals surface area contributed by atoms with Crippen molar-refractivity contribution in [2.75, 3.05) is 39.8 Å². The number of carbonyl (C=O) groups excluding carboxylic acids is 1. The Morgan fingerprint density at radius 3 is 2.55 bits per heavy atom. The number of methoxy groups -OCH3 is 1. The number of aliphatic imine (C=N–C) groups is 1. The summed E-state index contributed by atoms with van der Waals surface area (Å²) in [7, 11) is 1.63. The van der Waals surface area contributed by atoms with Crippen LogP contribution in [-0.2, 0) is 4.79 Å². The fraction of sp³-hybridized carbons (Fsp3) is 0.600. The van der Waals surface area contributed by atoms with Gasteiger partial charge in [0.25, 0.3) is 0 Å². The number of guanidine groups is 1. The second-order valence-corrected chi connectivity index (χ2v) is 6.96. The number of primary amides is 1. The molecule has 0 saturated carbocycles. The Morgan fingerprint density at radius 1 is 1.31 bits per heavy atom. The van der Waals surface area contributed by atoms with Crippen LogP contribution < -0.4 is 25.8 Å². The molecule has 0 radical (unpaired) electrons. The minimum atomic E-state index is -0.273. The number of ether oxygens (including phenoxy) is 2. The Morgan fingerprint density at radius 2 is 1.97 bits per heavy atom. The Hall–Kier alpha value is -1.75. The van der Waals surface area contributed by atoms with E-state index in [1.54, 1.807) is 7.11 Å². The lowest BCUT2D eigenvalue weighted by molar-refractivity contribution is -0.119. The molecule has 0 aromatic heterocycles. The van der Waals surface area contributed by atoms with E-state index in [1.165, 1.54) is 0 Å². The van der Waals surface area contributed by atoms with Crippen LogP contribution >= 0.6 is 24.0 Å². The van der Waals surface area contributed by atoms with Gasteiger partial charge >= 0.3 is 0 Å². The predicted octanol–water partition coefficient (Wildman–Crippen LogP) is 1.59. The summed E-state index contributed by atoms with van der Waals surface area (Å²) in [5.41, 5.74) is 5.27. The van der Waals surface area contributed by atoms with E-state index in [0.717, 1.165) is 38.4 Å². The number of para-hydroxylation sites is 2. The van der Waals surface area contributed by atoms with Crippen LogP contribution in [0.3, 0.4) is 0 Å². The van der Waals surface area contributed by atoms with Crippen LogP contribution in [0.4, 0.5) is 0 Å². The van der Waals surface area contributed by atoms with E-state index in [0.29, 0.717) is 30.6 Å². The first-order valence-corrected chi connectivity index (χ1v) is 9.87. The molecule has 8 nitrogen and oxygen atoms in total. The number of benzene rings is 1. The molecule has 1 aliphatic heterocycles. The SMILES string of the molecule is CCNC(=NCC(C)Oc1ccccc1OC)NC1CCN(CC(N)=O)CC1.I. The summed E-state index contributed by atoms with van der Waals surface area (Å²) in [6.45, 7) is 7.38. The molecule has 1 amide bonds. The van der Waals surface area contributed by atoms with Crippen LogP contribution in [0.5, 0.6) is 11.5 Å². The van der Waals surface area contributed by atoms with Gasteiger partial charge in [-0.1, -0.05) is 12.1 Å². The van der Waals surface area contributed by atoms with Gasteiger partial charge in [-0.25, -0.2) is 4.99 Å². The van der Waals surface area contributed by atoms with Gasteiger partial charge in [0.05, 0.1) is 20.2 Å². The summed E-state index contributed by atoms with van der Waals surface area (Å²) >= 11 is 0. The third-order valence-corrected chi connectivity index (χ3v) is 4.56. The van der Waals surface area contributed by atoms with Gasteiger partial charge in [-0.05, 0) is 38.8 Å². The molecule has 0 spiro atoms. The number of nitrogens with two attached hydrogens (primary N) is 1. The summed E-state index contributed by atoms with van der Waals surface area (Å²) in [5, 5.41) is 6.77. The molecule has 9 heteroatoms. The molecule has 0 aliphatic carbocycles. The number of likely N-dealkylation sites (tertiary alicyclic amines) is 1. The highest BCUT2D eigenvalue weighted by atomic mass is 127. The first kappa shape index (κ1) is 25.3. The number of halogens is 1. The average Bonchev–Trinajstić information content (AvgIpc) is 2.68. The molecule has 1 aromatic rings. The van der Waals surface area contributed by atoms with Crippen LogP contribution in [0.15, 0.2) is 29.3 Å². The van der Waals surface area contributed by atoms with E-state index in [4.69, 9.17) is 15.2 Å². The van der Waals surface area contributed by atoms with Crippen molar-refractivity contribution in [2.45, 2.75) is 38.8 Å². The molecule has 2 rings (SSSR count). The van der Waals surface area contributed by atoms with Crippen molar-refractivity contribution in [2.24, 2.45) is 10.7 Å². The third-order valence-electron chi connectivity index (χ3n) is 4.56. The second kappa shape index (κ2) is 13.5. The molecule has 4 N–H and O–H groups in total. The Balaban J connectivity index is 0.00000420. The largest absolute Gasteiger partial charge is 0.493 e.